The summed E-state index contributed by atoms with van der Waals surface area (Å²) in [5.74, 6) is -0.837. The van der Waals surface area contributed by atoms with Gasteiger partial charge in [-0.25, -0.2) is 0 Å². The van der Waals surface area contributed by atoms with E-state index in [-0.39, 0.29) is 6.42 Å². The lowest BCUT2D eigenvalue weighted by Crippen LogP contribution is -2.30. The Balaban J connectivity index is 2.46. The molecule has 3 heteroatoms. The molecule has 1 unspecified atom stereocenters. The van der Waals surface area contributed by atoms with Crippen molar-refractivity contribution in [2.45, 2.75) is 32.1 Å². The predicted molar refractivity (Wildman–Crippen MR) is 58.9 cm³/mol. The van der Waals surface area contributed by atoms with Crippen LogP contribution in [0.5, 0.6) is 0 Å². The number of benzene rings is 1. The van der Waals surface area contributed by atoms with Gasteiger partial charge in [-0.2, -0.15) is 0 Å². The van der Waals surface area contributed by atoms with Crippen LogP contribution in [0.3, 0.4) is 0 Å². The molecule has 0 radical (unpaired) electrons. The van der Waals surface area contributed by atoms with E-state index in [4.69, 9.17) is 0 Å². The average molecular weight is 218 g/mol. The van der Waals surface area contributed by atoms with E-state index in [9.17, 15) is 9.59 Å². The molecule has 84 valence electrons. The monoisotopic (exact) mass is 218 g/mol. The molecule has 0 saturated carbocycles. The van der Waals surface area contributed by atoms with E-state index in [1.165, 1.54) is 0 Å². The number of hydrogen-bond donors (Lipinski definition) is 0. The molecule has 1 aromatic rings. The van der Waals surface area contributed by atoms with Crippen LogP contribution in [0, 0.1) is 6.92 Å². The molecule has 0 N–H and O–H groups in total. The highest BCUT2D eigenvalue weighted by Crippen LogP contribution is 2.38. The molecule has 1 aliphatic heterocycles. The SMILES string of the molecule is CCC1(c2ccc(C)cc2)CC(=O)OC1=O. The van der Waals surface area contributed by atoms with Gasteiger partial charge in [-0.1, -0.05) is 36.8 Å². The molecular formula is C13H14O3. The van der Waals surface area contributed by atoms with E-state index in [0.717, 1.165) is 11.1 Å². The van der Waals surface area contributed by atoms with Gasteiger partial charge >= 0.3 is 11.9 Å². The maximum absolute atomic E-state index is 11.8. The van der Waals surface area contributed by atoms with Gasteiger partial charge in [0.1, 0.15) is 5.41 Å². The van der Waals surface area contributed by atoms with Crippen molar-refractivity contribution < 1.29 is 14.3 Å². The van der Waals surface area contributed by atoms with Gasteiger partial charge in [0.2, 0.25) is 0 Å². The van der Waals surface area contributed by atoms with Crippen LogP contribution in [0.1, 0.15) is 30.9 Å². The van der Waals surface area contributed by atoms with E-state index >= 15 is 0 Å². The topological polar surface area (TPSA) is 43.4 Å². The van der Waals surface area contributed by atoms with Gasteiger partial charge in [-0.05, 0) is 18.9 Å². The van der Waals surface area contributed by atoms with Crippen molar-refractivity contribution >= 4 is 11.9 Å². The van der Waals surface area contributed by atoms with Crippen molar-refractivity contribution in [2.75, 3.05) is 0 Å². The van der Waals surface area contributed by atoms with Crippen molar-refractivity contribution in [3.8, 4) is 0 Å². The van der Waals surface area contributed by atoms with E-state index in [1.54, 1.807) is 0 Å². The summed E-state index contributed by atoms with van der Waals surface area (Å²) in [5, 5.41) is 0. The molecular weight excluding hydrogens is 204 g/mol. The Kier molecular flexibility index (Phi) is 2.54. The minimum Gasteiger partial charge on any atom is -0.392 e. The van der Waals surface area contributed by atoms with Crippen LogP contribution >= 0.6 is 0 Å². The minimum absolute atomic E-state index is 0.158. The number of aryl methyl sites for hydroxylation is 1. The van der Waals surface area contributed by atoms with Crippen LogP contribution in [0.4, 0.5) is 0 Å². The Morgan fingerprint density at radius 1 is 1.25 bits per heavy atom. The second-order valence-electron chi connectivity index (χ2n) is 4.24. The van der Waals surface area contributed by atoms with Crippen LogP contribution in [-0.2, 0) is 19.7 Å². The van der Waals surface area contributed by atoms with Gasteiger partial charge in [0, 0.05) is 0 Å². The molecule has 0 bridgehead atoms. The van der Waals surface area contributed by atoms with Gasteiger partial charge in [0.25, 0.3) is 0 Å². The molecule has 0 aliphatic carbocycles. The van der Waals surface area contributed by atoms with Crippen LogP contribution in [0.25, 0.3) is 0 Å². The first kappa shape index (κ1) is 10.9. The molecule has 2 rings (SSSR count). The number of ether oxygens (including phenoxy) is 1. The standard InChI is InChI=1S/C13H14O3/c1-3-13(8-11(14)16-12(13)15)10-6-4-9(2)5-7-10/h4-7H,3,8H2,1-2H3. The van der Waals surface area contributed by atoms with Gasteiger partial charge in [-0.3, -0.25) is 9.59 Å². The number of rotatable bonds is 2. The third-order valence-electron chi connectivity index (χ3n) is 3.25. The van der Waals surface area contributed by atoms with Crippen molar-refractivity contribution in [3.05, 3.63) is 35.4 Å². The second kappa shape index (κ2) is 3.74. The van der Waals surface area contributed by atoms with Gasteiger partial charge in [-0.15, -0.1) is 0 Å². The van der Waals surface area contributed by atoms with Crippen LogP contribution in [0.15, 0.2) is 24.3 Å². The first-order valence-corrected chi connectivity index (χ1v) is 5.41. The Labute approximate surface area is 94.4 Å². The Morgan fingerprint density at radius 2 is 1.88 bits per heavy atom. The fourth-order valence-corrected chi connectivity index (χ4v) is 2.12. The number of carbonyl (C=O) groups is 2. The van der Waals surface area contributed by atoms with E-state index < -0.39 is 17.4 Å². The summed E-state index contributed by atoms with van der Waals surface area (Å²) in [4.78, 5) is 23.0. The van der Waals surface area contributed by atoms with Crippen molar-refractivity contribution in [3.63, 3.8) is 0 Å². The van der Waals surface area contributed by atoms with Crippen molar-refractivity contribution in [1.29, 1.82) is 0 Å². The molecule has 16 heavy (non-hydrogen) atoms. The molecule has 0 aromatic heterocycles. The van der Waals surface area contributed by atoms with Crippen LogP contribution in [0.2, 0.25) is 0 Å². The second-order valence-corrected chi connectivity index (χ2v) is 4.24. The van der Waals surface area contributed by atoms with E-state index in [2.05, 4.69) is 4.74 Å². The van der Waals surface area contributed by atoms with Crippen molar-refractivity contribution in [1.82, 2.24) is 0 Å². The summed E-state index contributed by atoms with van der Waals surface area (Å²) in [7, 11) is 0. The number of cyclic esters (lactones) is 2. The highest BCUT2D eigenvalue weighted by molar-refractivity contribution is 6.01. The maximum Gasteiger partial charge on any atom is 0.324 e. The number of esters is 2. The average Bonchev–Trinajstić information content (AvgIpc) is 2.55. The molecule has 3 nitrogen and oxygen atoms in total. The number of hydrogen-bond acceptors (Lipinski definition) is 3. The van der Waals surface area contributed by atoms with Gasteiger partial charge in [0.15, 0.2) is 0 Å². The van der Waals surface area contributed by atoms with Gasteiger partial charge < -0.3 is 4.74 Å². The lowest BCUT2D eigenvalue weighted by Gasteiger charge is -2.22. The maximum atomic E-state index is 11.8. The summed E-state index contributed by atoms with van der Waals surface area (Å²) in [5.41, 5.74) is 1.24. The zero-order chi connectivity index (χ0) is 11.8. The largest absolute Gasteiger partial charge is 0.392 e. The summed E-state index contributed by atoms with van der Waals surface area (Å²) in [6, 6.07) is 7.70. The first-order valence-electron chi connectivity index (χ1n) is 5.41. The third kappa shape index (κ3) is 1.52. The third-order valence-corrected chi connectivity index (χ3v) is 3.25. The van der Waals surface area contributed by atoms with Crippen LogP contribution < -0.4 is 0 Å². The normalized spacial score (nSPS) is 24.6. The molecule has 1 heterocycles. The Morgan fingerprint density at radius 3 is 2.31 bits per heavy atom. The molecule has 1 saturated heterocycles. The van der Waals surface area contributed by atoms with E-state index in [0.29, 0.717) is 6.42 Å². The molecule has 1 aromatic carbocycles. The highest BCUT2D eigenvalue weighted by Gasteiger charge is 2.49. The smallest absolute Gasteiger partial charge is 0.324 e. The summed E-state index contributed by atoms with van der Waals surface area (Å²) in [6.07, 6.45) is 0.742. The first-order chi connectivity index (χ1) is 7.58. The molecule has 1 fully saturated rings. The zero-order valence-corrected chi connectivity index (χ0v) is 9.45. The fourth-order valence-electron chi connectivity index (χ4n) is 2.12. The minimum atomic E-state index is -0.759. The quantitative estimate of drug-likeness (QED) is 0.564. The Bertz CT molecular complexity index is 433. The van der Waals surface area contributed by atoms with Crippen LogP contribution in [-0.4, -0.2) is 11.9 Å². The molecule has 1 atom stereocenters. The molecule has 0 spiro atoms. The fraction of sp³-hybridized carbons (Fsp3) is 0.385. The summed E-state index contributed by atoms with van der Waals surface area (Å²) < 4.78 is 4.67. The van der Waals surface area contributed by atoms with Gasteiger partial charge in [0.05, 0.1) is 6.42 Å². The lowest BCUT2D eigenvalue weighted by molar-refractivity contribution is -0.153. The zero-order valence-electron chi connectivity index (χ0n) is 9.45. The summed E-state index contributed by atoms with van der Waals surface area (Å²) in [6.45, 7) is 3.89. The molecule has 0 amide bonds. The Hall–Kier alpha value is -1.64. The predicted octanol–water partition coefficient (Wildman–Crippen LogP) is 2.12. The van der Waals surface area contributed by atoms with Crippen molar-refractivity contribution in [2.24, 2.45) is 0 Å². The lowest BCUT2D eigenvalue weighted by atomic mass is 9.77. The highest BCUT2D eigenvalue weighted by atomic mass is 16.6. The molecule has 1 aliphatic rings. The number of carbonyl (C=O) groups excluding carboxylic acids is 2. The summed E-state index contributed by atoms with van der Waals surface area (Å²) >= 11 is 0. The van der Waals surface area contributed by atoms with E-state index in [1.807, 2.05) is 38.1 Å².